The van der Waals surface area contributed by atoms with Gasteiger partial charge in [0, 0.05) is 26.2 Å². The highest BCUT2D eigenvalue weighted by molar-refractivity contribution is 7.85. The lowest BCUT2D eigenvalue weighted by Crippen LogP contribution is -2.43. The Morgan fingerprint density at radius 2 is 0.936 bits per heavy atom. The second-order valence-corrected chi connectivity index (χ2v) is 21.3. The summed E-state index contributed by atoms with van der Waals surface area (Å²) < 4.78 is 32.9. The van der Waals surface area contributed by atoms with E-state index in [4.69, 9.17) is 0 Å². The van der Waals surface area contributed by atoms with Crippen LogP contribution < -0.4 is 10.6 Å². The molecule has 8 aliphatic rings. The van der Waals surface area contributed by atoms with Crippen LogP contribution >= 0.6 is 0 Å². The Bertz CT molecular complexity index is 1390. The Morgan fingerprint density at radius 1 is 0.574 bits per heavy atom. The predicted molar refractivity (Wildman–Crippen MR) is 182 cm³/mol. The van der Waals surface area contributed by atoms with E-state index in [1.807, 2.05) is 0 Å². The first-order valence-electron chi connectivity index (χ1n) is 19.3. The van der Waals surface area contributed by atoms with Crippen molar-refractivity contribution in [2.24, 2.45) is 43.3 Å². The Labute approximate surface area is 283 Å². The van der Waals surface area contributed by atoms with E-state index in [1.165, 1.54) is 70.6 Å². The maximum Gasteiger partial charge on any atom is 0.265 e. The standard InChI is InChI=1S/C38H61N3O5S/c1-3-31-4-6-32(20-31,7-5-31)24-39-29(42)37-16-18-38(23-37,19-17-37)30(43)40-25-33-8-10-34(21-33,11-9-33)26-41(2)27-35-12-14-36(22-35,15-13-35)28-47(44,45)46/h3-28H2,1-2H3,(H,39,42)(H,40,43)(H,44,45,46). The molecule has 8 saturated carbocycles. The maximum atomic E-state index is 13.9. The zero-order valence-electron chi connectivity index (χ0n) is 29.3. The first-order chi connectivity index (χ1) is 22.1. The Hall–Kier alpha value is -1.19. The van der Waals surface area contributed by atoms with Crippen molar-refractivity contribution in [3.05, 3.63) is 0 Å². The van der Waals surface area contributed by atoms with Crippen LogP contribution in [0.2, 0.25) is 0 Å². The number of amides is 2. The largest absolute Gasteiger partial charge is 0.355 e. The highest BCUT2D eigenvalue weighted by atomic mass is 32.2. The molecule has 0 aromatic heterocycles. The molecule has 264 valence electrons. The summed E-state index contributed by atoms with van der Waals surface area (Å²) in [6.07, 6.45) is 22.8. The zero-order valence-corrected chi connectivity index (χ0v) is 30.1. The number of fused-ring (bicyclic) bond motifs is 8. The Kier molecular flexibility index (Phi) is 7.48. The van der Waals surface area contributed by atoms with Crippen molar-refractivity contribution < 1.29 is 22.6 Å². The van der Waals surface area contributed by atoms with Crippen molar-refractivity contribution in [3.8, 4) is 0 Å². The summed E-state index contributed by atoms with van der Waals surface area (Å²) in [5.74, 6) is 0.380. The highest BCUT2D eigenvalue weighted by Crippen LogP contribution is 2.66. The van der Waals surface area contributed by atoms with Crippen molar-refractivity contribution in [1.82, 2.24) is 15.5 Å². The van der Waals surface area contributed by atoms with Gasteiger partial charge in [-0.1, -0.05) is 13.3 Å². The summed E-state index contributed by atoms with van der Waals surface area (Å²) in [4.78, 5) is 30.1. The first-order valence-corrected chi connectivity index (χ1v) is 20.9. The average molecular weight is 672 g/mol. The summed E-state index contributed by atoms with van der Waals surface area (Å²) >= 11 is 0. The third-order valence-corrected chi connectivity index (χ3v) is 17.8. The van der Waals surface area contributed by atoms with E-state index in [-0.39, 0.29) is 44.6 Å². The lowest BCUT2D eigenvalue weighted by Gasteiger charge is -2.37. The van der Waals surface area contributed by atoms with Gasteiger partial charge in [0.05, 0.1) is 16.6 Å². The van der Waals surface area contributed by atoms with E-state index in [9.17, 15) is 22.6 Å². The predicted octanol–water partition coefficient (Wildman–Crippen LogP) is 6.25. The van der Waals surface area contributed by atoms with Gasteiger partial charge < -0.3 is 15.5 Å². The molecule has 0 unspecified atom stereocenters. The molecule has 8 bridgehead atoms. The van der Waals surface area contributed by atoms with E-state index in [0.29, 0.717) is 16.2 Å². The summed E-state index contributed by atoms with van der Waals surface area (Å²) in [5.41, 5.74) is 0.679. The topological polar surface area (TPSA) is 116 Å². The van der Waals surface area contributed by atoms with Gasteiger partial charge in [-0.05, 0) is 168 Å². The lowest BCUT2D eigenvalue weighted by atomic mass is 9.79. The van der Waals surface area contributed by atoms with Gasteiger partial charge in [-0.25, -0.2) is 0 Å². The smallest absolute Gasteiger partial charge is 0.265 e. The second kappa shape index (κ2) is 10.7. The van der Waals surface area contributed by atoms with Crippen LogP contribution in [-0.2, 0) is 19.7 Å². The molecule has 0 atom stereocenters. The minimum Gasteiger partial charge on any atom is -0.355 e. The van der Waals surface area contributed by atoms with Gasteiger partial charge in [0.15, 0.2) is 0 Å². The van der Waals surface area contributed by atoms with Crippen LogP contribution in [0.3, 0.4) is 0 Å². The number of rotatable bonds is 13. The van der Waals surface area contributed by atoms with Gasteiger partial charge >= 0.3 is 0 Å². The molecule has 9 heteroatoms. The van der Waals surface area contributed by atoms with Crippen molar-refractivity contribution in [2.45, 2.75) is 142 Å². The molecule has 0 spiro atoms. The van der Waals surface area contributed by atoms with Crippen LogP contribution in [0.5, 0.6) is 0 Å². The molecule has 0 saturated heterocycles. The third kappa shape index (κ3) is 5.53. The van der Waals surface area contributed by atoms with E-state index < -0.39 is 10.1 Å². The fraction of sp³-hybridized carbons (Fsp3) is 0.947. The van der Waals surface area contributed by atoms with Gasteiger partial charge in [-0.3, -0.25) is 14.1 Å². The van der Waals surface area contributed by atoms with E-state index in [0.717, 1.165) is 90.4 Å². The summed E-state index contributed by atoms with van der Waals surface area (Å²) in [6.45, 7) is 6.05. The molecule has 8 aliphatic carbocycles. The van der Waals surface area contributed by atoms with Crippen molar-refractivity contribution in [2.75, 3.05) is 39.0 Å². The van der Waals surface area contributed by atoms with Crippen molar-refractivity contribution in [1.29, 1.82) is 0 Å². The summed E-state index contributed by atoms with van der Waals surface area (Å²) in [6, 6.07) is 0. The van der Waals surface area contributed by atoms with Crippen LogP contribution in [0.15, 0.2) is 0 Å². The third-order valence-electron chi connectivity index (χ3n) is 16.9. The van der Waals surface area contributed by atoms with E-state index in [2.05, 4.69) is 29.5 Å². The SMILES string of the molecule is CCC12CCC(CNC(=O)C34CCC(C(=O)NCC56CCC(CN(C)CC78CCC(CS(=O)(=O)O)(CC7)C8)(CC5)C6)(CC3)C4)(CC1)C2. The normalized spacial score (nSPS) is 47.5. The fourth-order valence-corrected chi connectivity index (χ4v) is 15.4. The lowest BCUT2D eigenvalue weighted by molar-refractivity contribution is -0.131. The van der Waals surface area contributed by atoms with Crippen LogP contribution in [0.1, 0.15) is 142 Å². The first kappa shape index (κ1) is 33.0. The Balaban J connectivity index is 0.819. The molecule has 3 N–H and O–H groups in total. The van der Waals surface area contributed by atoms with Crippen LogP contribution in [0, 0.1) is 43.3 Å². The molecule has 0 heterocycles. The Morgan fingerprint density at radius 3 is 1.34 bits per heavy atom. The molecular formula is C38H61N3O5S. The number of hydrogen-bond acceptors (Lipinski definition) is 5. The van der Waals surface area contributed by atoms with E-state index >= 15 is 0 Å². The van der Waals surface area contributed by atoms with Crippen molar-refractivity contribution in [3.63, 3.8) is 0 Å². The monoisotopic (exact) mass is 671 g/mol. The number of carbonyl (C=O) groups excluding carboxylic acids is 2. The van der Waals surface area contributed by atoms with E-state index in [1.54, 1.807) is 0 Å². The van der Waals surface area contributed by atoms with Gasteiger partial charge in [-0.2, -0.15) is 8.42 Å². The molecule has 0 radical (unpaired) electrons. The minimum atomic E-state index is -3.94. The molecule has 47 heavy (non-hydrogen) atoms. The fourth-order valence-electron chi connectivity index (χ4n) is 14.3. The molecular weight excluding hydrogens is 611 g/mol. The second-order valence-electron chi connectivity index (χ2n) is 19.9. The van der Waals surface area contributed by atoms with Crippen molar-refractivity contribution >= 4 is 21.9 Å². The minimum absolute atomic E-state index is 0.0701. The molecule has 0 aromatic carbocycles. The number of nitrogens with zero attached hydrogens (tertiary/aromatic N) is 1. The average Bonchev–Trinajstić information content (AvgIpc) is 3.89. The molecule has 8 nitrogen and oxygen atoms in total. The van der Waals surface area contributed by atoms with Gasteiger partial charge in [0.25, 0.3) is 10.1 Å². The zero-order chi connectivity index (χ0) is 33.0. The molecule has 2 amide bonds. The quantitative estimate of drug-likeness (QED) is 0.200. The molecule has 0 aliphatic heterocycles. The number of hydrogen-bond donors (Lipinski definition) is 3. The maximum absolute atomic E-state index is 13.9. The molecule has 8 fully saturated rings. The van der Waals surface area contributed by atoms with Gasteiger partial charge in [-0.15, -0.1) is 0 Å². The number of carbonyl (C=O) groups is 2. The molecule has 8 rings (SSSR count). The molecule has 0 aromatic rings. The highest BCUT2D eigenvalue weighted by Gasteiger charge is 2.63. The van der Waals surface area contributed by atoms with Gasteiger partial charge in [0.2, 0.25) is 11.8 Å². The van der Waals surface area contributed by atoms with Crippen LogP contribution in [0.25, 0.3) is 0 Å². The van der Waals surface area contributed by atoms with Gasteiger partial charge in [0.1, 0.15) is 0 Å². The van der Waals surface area contributed by atoms with Crippen LogP contribution in [-0.4, -0.2) is 68.7 Å². The number of nitrogens with one attached hydrogen (secondary N) is 2. The van der Waals surface area contributed by atoms with Crippen LogP contribution in [0.4, 0.5) is 0 Å². The summed E-state index contributed by atoms with van der Waals surface area (Å²) in [5, 5.41) is 6.94. The summed E-state index contributed by atoms with van der Waals surface area (Å²) in [7, 11) is -1.68.